The number of rotatable bonds is 5. The van der Waals surface area contributed by atoms with Crippen LogP contribution in [-0.2, 0) is 0 Å². The van der Waals surface area contributed by atoms with Gasteiger partial charge in [0.25, 0.3) is 0 Å². The summed E-state index contributed by atoms with van der Waals surface area (Å²) < 4.78 is 5.42. The van der Waals surface area contributed by atoms with Crippen LogP contribution in [-0.4, -0.2) is 42.8 Å². The van der Waals surface area contributed by atoms with Gasteiger partial charge in [0.1, 0.15) is 0 Å². The molecule has 4 heteroatoms. The SMILES string of the molecule is C=Cc1onc(N2CCN(CC(C)C)CC2)c1C=C(C)C.CC. The smallest absolute Gasteiger partial charge is 0.180 e. The van der Waals surface area contributed by atoms with Crippen molar-refractivity contribution in [1.82, 2.24) is 10.1 Å². The first-order valence-electron chi connectivity index (χ1n) is 8.75. The molecule has 0 N–H and O–H groups in total. The van der Waals surface area contributed by atoms with Gasteiger partial charge >= 0.3 is 0 Å². The van der Waals surface area contributed by atoms with Gasteiger partial charge in [0, 0.05) is 32.7 Å². The van der Waals surface area contributed by atoms with Gasteiger partial charge in [-0.2, -0.15) is 0 Å². The Balaban J connectivity index is 0.00000127. The van der Waals surface area contributed by atoms with Gasteiger partial charge in [-0.25, -0.2) is 0 Å². The monoisotopic (exact) mass is 319 g/mol. The molecule has 0 amide bonds. The zero-order valence-electron chi connectivity index (χ0n) is 15.7. The molecule has 1 aromatic heterocycles. The lowest BCUT2D eigenvalue weighted by molar-refractivity contribution is 0.230. The molecule has 4 nitrogen and oxygen atoms in total. The summed E-state index contributed by atoms with van der Waals surface area (Å²) in [6.45, 7) is 21.9. The molecule has 1 aromatic rings. The first-order valence-corrected chi connectivity index (χ1v) is 8.75. The number of anilines is 1. The largest absolute Gasteiger partial charge is 0.354 e. The van der Waals surface area contributed by atoms with E-state index in [1.807, 2.05) is 13.8 Å². The quantitative estimate of drug-likeness (QED) is 0.797. The molecule has 0 unspecified atom stereocenters. The van der Waals surface area contributed by atoms with Gasteiger partial charge in [-0.15, -0.1) is 0 Å². The van der Waals surface area contributed by atoms with Crippen molar-refractivity contribution < 1.29 is 4.52 Å². The minimum absolute atomic E-state index is 0.720. The minimum Gasteiger partial charge on any atom is -0.354 e. The molecule has 23 heavy (non-hydrogen) atoms. The van der Waals surface area contributed by atoms with Crippen molar-refractivity contribution in [2.45, 2.75) is 41.5 Å². The fourth-order valence-corrected chi connectivity index (χ4v) is 2.76. The molecule has 1 fully saturated rings. The molecule has 0 atom stereocenters. The zero-order valence-corrected chi connectivity index (χ0v) is 15.7. The van der Waals surface area contributed by atoms with Gasteiger partial charge in [-0.05, 0) is 31.9 Å². The van der Waals surface area contributed by atoms with E-state index in [4.69, 9.17) is 4.52 Å². The van der Waals surface area contributed by atoms with Crippen molar-refractivity contribution in [3.05, 3.63) is 23.5 Å². The molecule has 0 saturated carbocycles. The van der Waals surface area contributed by atoms with Crippen molar-refractivity contribution in [1.29, 1.82) is 0 Å². The van der Waals surface area contributed by atoms with Gasteiger partial charge in [0.05, 0.1) is 5.56 Å². The lowest BCUT2D eigenvalue weighted by atomic mass is 10.1. The van der Waals surface area contributed by atoms with Crippen molar-refractivity contribution in [2.24, 2.45) is 5.92 Å². The highest BCUT2D eigenvalue weighted by Crippen LogP contribution is 2.27. The van der Waals surface area contributed by atoms with Crippen LogP contribution in [0.1, 0.15) is 52.9 Å². The van der Waals surface area contributed by atoms with Crippen molar-refractivity contribution in [3.8, 4) is 0 Å². The topological polar surface area (TPSA) is 32.5 Å². The molecule has 2 heterocycles. The third-order valence-electron chi connectivity index (χ3n) is 3.65. The average molecular weight is 319 g/mol. The Labute approximate surface area is 141 Å². The van der Waals surface area contributed by atoms with E-state index in [0.717, 1.165) is 49.2 Å². The molecule has 1 aliphatic heterocycles. The van der Waals surface area contributed by atoms with E-state index in [9.17, 15) is 0 Å². The second-order valence-corrected chi connectivity index (χ2v) is 6.39. The number of hydrogen-bond donors (Lipinski definition) is 0. The Bertz CT molecular complexity index is 505. The molecule has 130 valence electrons. The summed E-state index contributed by atoms with van der Waals surface area (Å²) in [4.78, 5) is 4.85. The van der Waals surface area contributed by atoms with Gasteiger partial charge in [0.15, 0.2) is 11.6 Å². The Kier molecular flexibility index (Phi) is 8.10. The number of piperazine rings is 1. The zero-order chi connectivity index (χ0) is 17.4. The van der Waals surface area contributed by atoms with E-state index in [0.29, 0.717) is 0 Å². The second kappa shape index (κ2) is 9.56. The van der Waals surface area contributed by atoms with Crippen molar-refractivity contribution in [2.75, 3.05) is 37.6 Å². The predicted molar refractivity (Wildman–Crippen MR) is 101 cm³/mol. The molecule has 1 aliphatic rings. The summed E-state index contributed by atoms with van der Waals surface area (Å²) in [6, 6.07) is 0. The summed E-state index contributed by atoms with van der Waals surface area (Å²) in [7, 11) is 0. The standard InChI is InChI=1S/C17H27N3O.C2H6/c1-6-16-15(11-13(2)3)17(18-21-16)20-9-7-19(8-10-20)12-14(4)5;1-2/h6,11,14H,1,7-10,12H2,2-5H3;1-2H3. The van der Waals surface area contributed by atoms with Gasteiger partial charge < -0.3 is 9.42 Å². The summed E-state index contributed by atoms with van der Waals surface area (Å²) >= 11 is 0. The number of nitrogens with zero attached hydrogens (tertiary/aromatic N) is 3. The average Bonchev–Trinajstić information content (AvgIpc) is 2.91. The summed E-state index contributed by atoms with van der Waals surface area (Å²) in [5.74, 6) is 2.43. The summed E-state index contributed by atoms with van der Waals surface area (Å²) in [5, 5.41) is 4.27. The third kappa shape index (κ3) is 5.54. The number of allylic oxidation sites excluding steroid dienone is 1. The fourth-order valence-electron chi connectivity index (χ4n) is 2.76. The van der Waals surface area contributed by atoms with Crippen LogP contribution in [0.5, 0.6) is 0 Å². The highest BCUT2D eigenvalue weighted by molar-refractivity contribution is 5.72. The Morgan fingerprint density at radius 1 is 1.22 bits per heavy atom. The summed E-state index contributed by atoms with van der Waals surface area (Å²) in [6.07, 6.45) is 3.86. The fraction of sp³-hybridized carbons (Fsp3) is 0.632. The number of hydrogen-bond acceptors (Lipinski definition) is 4. The molecular formula is C19H33N3O. The minimum atomic E-state index is 0.720. The Morgan fingerprint density at radius 3 is 2.30 bits per heavy atom. The van der Waals surface area contributed by atoms with Crippen LogP contribution in [0.25, 0.3) is 12.2 Å². The maximum atomic E-state index is 5.42. The van der Waals surface area contributed by atoms with E-state index < -0.39 is 0 Å². The normalized spacial score (nSPS) is 15.2. The van der Waals surface area contributed by atoms with Crippen LogP contribution in [0.15, 0.2) is 16.7 Å². The molecule has 0 aliphatic carbocycles. The lowest BCUT2D eigenvalue weighted by Crippen LogP contribution is -2.47. The van der Waals surface area contributed by atoms with E-state index >= 15 is 0 Å². The molecule has 0 bridgehead atoms. The Hall–Kier alpha value is -1.55. The van der Waals surface area contributed by atoms with E-state index in [-0.39, 0.29) is 0 Å². The van der Waals surface area contributed by atoms with E-state index in [2.05, 4.69) is 55.3 Å². The van der Waals surface area contributed by atoms with Crippen LogP contribution in [0.3, 0.4) is 0 Å². The third-order valence-corrected chi connectivity index (χ3v) is 3.65. The molecule has 2 rings (SSSR count). The van der Waals surface area contributed by atoms with Crippen LogP contribution in [0.4, 0.5) is 5.82 Å². The van der Waals surface area contributed by atoms with E-state index in [1.165, 1.54) is 12.1 Å². The van der Waals surface area contributed by atoms with Crippen molar-refractivity contribution >= 4 is 18.0 Å². The molecule has 0 spiro atoms. The van der Waals surface area contributed by atoms with Crippen LogP contribution in [0.2, 0.25) is 0 Å². The highest BCUT2D eigenvalue weighted by atomic mass is 16.5. The van der Waals surface area contributed by atoms with Crippen LogP contribution < -0.4 is 4.90 Å². The van der Waals surface area contributed by atoms with Crippen LogP contribution >= 0.6 is 0 Å². The first-order chi connectivity index (χ1) is 11.0. The molecule has 1 saturated heterocycles. The number of aromatic nitrogens is 1. The molecular weight excluding hydrogens is 286 g/mol. The molecule has 0 radical (unpaired) electrons. The highest BCUT2D eigenvalue weighted by Gasteiger charge is 2.23. The van der Waals surface area contributed by atoms with Gasteiger partial charge in [-0.1, -0.05) is 45.0 Å². The first kappa shape index (κ1) is 19.5. The maximum Gasteiger partial charge on any atom is 0.180 e. The second-order valence-electron chi connectivity index (χ2n) is 6.39. The molecule has 0 aromatic carbocycles. The van der Waals surface area contributed by atoms with Gasteiger partial charge in [0.2, 0.25) is 0 Å². The van der Waals surface area contributed by atoms with Crippen molar-refractivity contribution in [3.63, 3.8) is 0 Å². The summed E-state index contributed by atoms with van der Waals surface area (Å²) in [5.41, 5.74) is 2.29. The van der Waals surface area contributed by atoms with E-state index in [1.54, 1.807) is 6.08 Å². The lowest BCUT2D eigenvalue weighted by Gasteiger charge is -2.35. The maximum absolute atomic E-state index is 5.42. The Morgan fingerprint density at radius 2 is 1.83 bits per heavy atom. The predicted octanol–water partition coefficient (Wildman–Crippen LogP) is 4.55. The van der Waals surface area contributed by atoms with Gasteiger partial charge in [-0.3, -0.25) is 4.90 Å². The van der Waals surface area contributed by atoms with Crippen LogP contribution in [0, 0.1) is 5.92 Å².